The largest absolute Gasteiger partial charge is 0.493 e. The number of nitrogens with zero attached hydrogens (tertiary/aromatic N) is 2. The third-order valence-corrected chi connectivity index (χ3v) is 6.28. The summed E-state index contributed by atoms with van der Waals surface area (Å²) in [5.41, 5.74) is 2.91. The summed E-state index contributed by atoms with van der Waals surface area (Å²) >= 11 is 0. The fourth-order valence-electron chi connectivity index (χ4n) is 4.47. The van der Waals surface area contributed by atoms with Crippen molar-refractivity contribution in [2.24, 2.45) is 0 Å². The summed E-state index contributed by atoms with van der Waals surface area (Å²) in [5.74, 6) is -0.803. The number of benzene rings is 3. The minimum absolute atomic E-state index is 0.0146. The lowest BCUT2D eigenvalue weighted by molar-refractivity contribution is 0.0354. The Bertz CT molecular complexity index is 1210. The Balaban J connectivity index is 1.71. The lowest BCUT2D eigenvalue weighted by Gasteiger charge is -2.35. The lowest BCUT2D eigenvalue weighted by atomic mass is 9.95. The first-order valence-electron chi connectivity index (χ1n) is 12.7. The van der Waals surface area contributed by atoms with E-state index in [9.17, 15) is 13.9 Å². The molecule has 1 heterocycles. The number of hydrogen-bond donors (Lipinski definition) is 2. The molecule has 3 aromatic carbocycles. The molecule has 4 rings (SSSR count). The molecule has 0 saturated carbocycles. The van der Waals surface area contributed by atoms with Crippen molar-refractivity contribution in [3.05, 3.63) is 131 Å². The molecule has 0 fully saturated rings. The van der Waals surface area contributed by atoms with Crippen LogP contribution in [0.5, 0.6) is 5.75 Å². The normalized spacial score (nSPS) is 12.9. The van der Waals surface area contributed by atoms with E-state index in [0.29, 0.717) is 43.1 Å². The van der Waals surface area contributed by atoms with E-state index >= 15 is 0 Å². The molecule has 0 amide bonds. The highest BCUT2D eigenvalue weighted by Crippen LogP contribution is 2.28. The van der Waals surface area contributed by atoms with Crippen LogP contribution in [-0.2, 0) is 19.5 Å². The van der Waals surface area contributed by atoms with E-state index in [-0.39, 0.29) is 13.0 Å². The van der Waals surface area contributed by atoms with Crippen molar-refractivity contribution in [3.8, 4) is 5.75 Å². The fourth-order valence-corrected chi connectivity index (χ4v) is 4.47. The molecule has 0 aliphatic heterocycles. The Hall–Kier alpha value is -3.65. The van der Waals surface area contributed by atoms with Crippen LogP contribution in [0.3, 0.4) is 0 Å². The van der Waals surface area contributed by atoms with Crippen LogP contribution in [0.2, 0.25) is 0 Å². The van der Waals surface area contributed by atoms with Gasteiger partial charge in [0.15, 0.2) is 0 Å². The van der Waals surface area contributed by atoms with Crippen LogP contribution < -0.4 is 4.74 Å². The van der Waals surface area contributed by atoms with Gasteiger partial charge in [0.2, 0.25) is 0 Å². The van der Waals surface area contributed by atoms with E-state index in [1.165, 1.54) is 12.1 Å². The van der Waals surface area contributed by atoms with Gasteiger partial charge in [0.1, 0.15) is 23.5 Å². The van der Waals surface area contributed by atoms with Crippen molar-refractivity contribution < 1.29 is 23.7 Å². The van der Waals surface area contributed by atoms with Gasteiger partial charge in [-0.05, 0) is 41.3 Å². The monoisotopic (exact) mass is 518 g/mol. The molecule has 38 heavy (non-hydrogen) atoms. The van der Waals surface area contributed by atoms with Gasteiger partial charge in [-0.3, -0.25) is 9.88 Å². The average molecular weight is 519 g/mol. The number of pyridine rings is 1. The van der Waals surface area contributed by atoms with E-state index in [1.54, 1.807) is 18.3 Å². The molecule has 2 N–H and O–H groups in total. The van der Waals surface area contributed by atoms with Crippen molar-refractivity contribution in [1.82, 2.24) is 9.88 Å². The number of hydrogen-bond acceptors (Lipinski definition) is 5. The van der Waals surface area contributed by atoms with Crippen molar-refractivity contribution in [2.75, 3.05) is 13.2 Å². The van der Waals surface area contributed by atoms with Crippen LogP contribution in [0.15, 0.2) is 97.2 Å². The first-order valence-corrected chi connectivity index (χ1v) is 12.7. The van der Waals surface area contributed by atoms with Crippen LogP contribution in [0.4, 0.5) is 8.78 Å². The van der Waals surface area contributed by atoms with Gasteiger partial charge >= 0.3 is 0 Å². The second-order valence-electron chi connectivity index (χ2n) is 9.21. The van der Waals surface area contributed by atoms with Crippen LogP contribution in [0.1, 0.15) is 34.9 Å². The molecule has 7 heteroatoms. The Morgan fingerprint density at radius 1 is 0.789 bits per heavy atom. The van der Waals surface area contributed by atoms with Crippen molar-refractivity contribution in [1.29, 1.82) is 0 Å². The molecule has 198 valence electrons. The highest BCUT2D eigenvalue weighted by atomic mass is 19.1. The van der Waals surface area contributed by atoms with Crippen LogP contribution in [0.25, 0.3) is 0 Å². The number of aliphatic hydroxyl groups excluding tert-OH is 2. The summed E-state index contributed by atoms with van der Waals surface area (Å²) in [4.78, 5) is 6.52. The maximum absolute atomic E-state index is 14.1. The number of halogens is 2. The molecular weight excluding hydrogens is 486 g/mol. The summed E-state index contributed by atoms with van der Waals surface area (Å²) in [7, 11) is 0. The molecule has 0 aliphatic carbocycles. The molecule has 4 aromatic rings. The van der Waals surface area contributed by atoms with Crippen molar-refractivity contribution >= 4 is 0 Å². The van der Waals surface area contributed by atoms with E-state index in [4.69, 9.17) is 9.84 Å². The molecule has 1 aromatic heterocycles. The van der Waals surface area contributed by atoms with E-state index in [2.05, 4.69) is 9.88 Å². The molecule has 2 atom stereocenters. The predicted octanol–water partition coefficient (Wildman–Crippen LogP) is 5.47. The average Bonchev–Trinajstić information content (AvgIpc) is 2.92. The predicted molar refractivity (Wildman–Crippen MR) is 142 cm³/mol. The van der Waals surface area contributed by atoms with Gasteiger partial charge < -0.3 is 14.9 Å². The number of aromatic nitrogens is 1. The maximum atomic E-state index is 14.1. The quantitative estimate of drug-likeness (QED) is 0.230. The summed E-state index contributed by atoms with van der Waals surface area (Å²) in [6, 6.07) is 26.0. The van der Waals surface area contributed by atoms with E-state index in [0.717, 1.165) is 17.2 Å². The van der Waals surface area contributed by atoms with Gasteiger partial charge in [0.25, 0.3) is 0 Å². The first-order chi connectivity index (χ1) is 18.5. The van der Waals surface area contributed by atoms with E-state index < -0.39 is 23.8 Å². The number of ether oxygens (including phenoxy) is 1. The second kappa shape index (κ2) is 13.8. The summed E-state index contributed by atoms with van der Waals surface area (Å²) in [6.45, 7) is 1.35. The topological polar surface area (TPSA) is 65.8 Å². The second-order valence-corrected chi connectivity index (χ2v) is 9.21. The van der Waals surface area contributed by atoms with Crippen molar-refractivity contribution in [3.63, 3.8) is 0 Å². The molecule has 2 unspecified atom stereocenters. The zero-order chi connectivity index (χ0) is 26.7. The highest BCUT2D eigenvalue weighted by Gasteiger charge is 2.30. The Morgan fingerprint density at radius 3 is 1.97 bits per heavy atom. The zero-order valence-electron chi connectivity index (χ0n) is 21.1. The lowest BCUT2D eigenvalue weighted by Crippen LogP contribution is -2.41. The minimum atomic E-state index is -1.09. The standard InChI is InChI=1S/C31H32F2N2O3/c32-26-16-25(17-27(33)19-26)18-30(31(37)29-20-28(12-13-34-29)38-15-7-14-36)35(21-23-8-3-1-4-9-23)22-24-10-5-2-6-11-24/h1-6,8-13,16-17,19-20,30-31,36-37H,7,14-15,18,21-22H2. The van der Waals surface area contributed by atoms with Crippen LogP contribution in [0, 0.1) is 11.6 Å². The molecule has 0 saturated heterocycles. The summed E-state index contributed by atoms with van der Waals surface area (Å²) < 4.78 is 34.0. The molecule has 5 nitrogen and oxygen atoms in total. The fraction of sp³-hybridized carbons (Fsp3) is 0.258. The highest BCUT2D eigenvalue weighted by molar-refractivity contribution is 5.27. The molecule has 0 bridgehead atoms. The third kappa shape index (κ3) is 7.92. The minimum Gasteiger partial charge on any atom is -0.493 e. The Kier molecular flexibility index (Phi) is 9.92. The smallest absolute Gasteiger partial charge is 0.126 e. The van der Waals surface area contributed by atoms with Gasteiger partial charge in [-0.25, -0.2) is 8.78 Å². The van der Waals surface area contributed by atoms with Gasteiger partial charge in [0, 0.05) is 50.5 Å². The maximum Gasteiger partial charge on any atom is 0.126 e. The van der Waals surface area contributed by atoms with Crippen LogP contribution in [-0.4, -0.2) is 39.4 Å². The van der Waals surface area contributed by atoms with Gasteiger partial charge in [-0.1, -0.05) is 60.7 Å². The third-order valence-electron chi connectivity index (χ3n) is 6.28. The SMILES string of the molecule is OCCCOc1ccnc(C(O)C(Cc2cc(F)cc(F)c2)N(Cc2ccccc2)Cc2ccccc2)c1. The Morgan fingerprint density at radius 2 is 1.39 bits per heavy atom. The Labute approximate surface area is 222 Å². The van der Waals surface area contributed by atoms with Gasteiger partial charge in [0.05, 0.1) is 12.3 Å². The van der Waals surface area contributed by atoms with Gasteiger partial charge in [-0.15, -0.1) is 0 Å². The van der Waals surface area contributed by atoms with Crippen LogP contribution >= 0.6 is 0 Å². The molecular formula is C31H32F2N2O3. The number of rotatable bonds is 13. The molecule has 0 radical (unpaired) electrons. The zero-order valence-corrected chi connectivity index (χ0v) is 21.1. The molecule has 0 aliphatic rings. The summed E-state index contributed by atoms with van der Waals surface area (Å²) in [5, 5.41) is 20.8. The number of aliphatic hydroxyl groups is 2. The summed E-state index contributed by atoms with van der Waals surface area (Å²) in [6.07, 6.45) is 1.14. The van der Waals surface area contributed by atoms with Crippen molar-refractivity contribution in [2.45, 2.75) is 38.1 Å². The molecule has 0 spiro atoms. The first kappa shape index (κ1) is 27.4. The van der Waals surface area contributed by atoms with E-state index in [1.807, 2.05) is 60.7 Å². The van der Waals surface area contributed by atoms with Gasteiger partial charge in [-0.2, -0.15) is 0 Å².